The Morgan fingerprint density at radius 3 is 2.71 bits per heavy atom. The SMILES string of the molecule is CN1CCCC1CC(F)(F)CC(=O)O. The molecule has 0 aromatic heterocycles. The van der Waals surface area contributed by atoms with Crippen LogP contribution in [0.15, 0.2) is 0 Å². The summed E-state index contributed by atoms with van der Waals surface area (Å²) in [5, 5.41) is 8.30. The number of rotatable bonds is 4. The summed E-state index contributed by atoms with van der Waals surface area (Å²) in [4.78, 5) is 12.0. The van der Waals surface area contributed by atoms with E-state index in [1.807, 2.05) is 4.90 Å². The summed E-state index contributed by atoms with van der Waals surface area (Å²) >= 11 is 0. The van der Waals surface area contributed by atoms with Crippen molar-refractivity contribution in [1.29, 1.82) is 0 Å². The van der Waals surface area contributed by atoms with Gasteiger partial charge in [0.25, 0.3) is 5.92 Å². The van der Waals surface area contributed by atoms with Crippen molar-refractivity contribution in [1.82, 2.24) is 4.90 Å². The maximum atomic E-state index is 13.1. The number of hydrogen-bond acceptors (Lipinski definition) is 2. The fraction of sp³-hybridized carbons (Fsp3) is 0.889. The number of carboxylic acid groups (broad SMARTS) is 1. The highest BCUT2D eigenvalue weighted by molar-refractivity contribution is 5.67. The van der Waals surface area contributed by atoms with E-state index in [1.165, 1.54) is 0 Å². The predicted molar refractivity (Wildman–Crippen MR) is 47.5 cm³/mol. The Balaban J connectivity index is 2.45. The third-order valence-corrected chi connectivity index (χ3v) is 2.62. The molecule has 1 aliphatic rings. The second-order valence-electron chi connectivity index (χ2n) is 3.91. The molecule has 0 amide bonds. The van der Waals surface area contributed by atoms with Gasteiger partial charge in [0, 0.05) is 12.5 Å². The molecule has 1 fully saturated rings. The first-order chi connectivity index (χ1) is 6.41. The topological polar surface area (TPSA) is 40.5 Å². The number of likely N-dealkylation sites (tertiary alicyclic amines) is 1. The standard InChI is InChI=1S/C9H15F2NO2/c1-12-4-2-3-7(12)5-9(10,11)6-8(13)14/h7H,2-6H2,1H3,(H,13,14). The average Bonchev–Trinajstić information content (AvgIpc) is 2.32. The van der Waals surface area contributed by atoms with Crippen molar-refractivity contribution >= 4 is 5.97 Å². The molecule has 0 aromatic carbocycles. The highest BCUT2D eigenvalue weighted by atomic mass is 19.3. The molecule has 3 nitrogen and oxygen atoms in total. The van der Waals surface area contributed by atoms with Crippen LogP contribution in [-0.2, 0) is 4.79 Å². The summed E-state index contributed by atoms with van der Waals surface area (Å²) in [5.41, 5.74) is 0. The Morgan fingerprint density at radius 1 is 1.64 bits per heavy atom. The molecule has 5 heteroatoms. The van der Waals surface area contributed by atoms with Gasteiger partial charge in [-0.25, -0.2) is 8.78 Å². The minimum absolute atomic E-state index is 0.163. The summed E-state index contributed by atoms with van der Waals surface area (Å²) in [6, 6.07) is -0.163. The van der Waals surface area contributed by atoms with Gasteiger partial charge in [0.1, 0.15) is 6.42 Å². The number of hydrogen-bond donors (Lipinski definition) is 1. The normalized spacial score (nSPS) is 24.1. The Kier molecular flexibility index (Phi) is 3.42. The molecule has 0 aliphatic carbocycles. The summed E-state index contributed by atoms with van der Waals surface area (Å²) < 4.78 is 26.2. The lowest BCUT2D eigenvalue weighted by Gasteiger charge is -2.23. The van der Waals surface area contributed by atoms with Crippen LogP contribution in [0.5, 0.6) is 0 Å². The molecule has 1 atom stereocenters. The number of carboxylic acids is 1. The summed E-state index contributed by atoms with van der Waals surface area (Å²) in [7, 11) is 1.80. The summed E-state index contributed by atoms with van der Waals surface area (Å²) in [6.07, 6.45) is 0.267. The van der Waals surface area contributed by atoms with Crippen molar-refractivity contribution in [2.75, 3.05) is 13.6 Å². The van der Waals surface area contributed by atoms with Crippen LogP contribution in [0, 0.1) is 0 Å². The van der Waals surface area contributed by atoms with Crippen molar-refractivity contribution in [3.63, 3.8) is 0 Å². The molecule has 0 spiro atoms. The lowest BCUT2D eigenvalue weighted by molar-refractivity contribution is -0.146. The fourth-order valence-corrected chi connectivity index (χ4v) is 1.88. The minimum Gasteiger partial charge on any atom is -0.481 e. The fourth-order valence-electron chi connectivity index (χ4n) is 1.88. The quantitative estimate of drug-likeness (QED) is 0.760. The molecule has 1 rings (SSSR count). The van der Waals surface area contributed by atoms with Gasteiger partial charge in [-0.2, -0.15) is 0 Å². The first-order valence-corrected chi connectivity index (χ1v) is 4.70. The molecule has 0 radical (unpaired) electrons. The zero-order valence-corrected chi connectivity index (χ0v) is 8.17. The lowest BCUT2D eigenvalue weighted by atomic mass is 10.0. The average molecular weight is 207 g/mol. The molecule has 1 aliphatic heterocycles. The van der Waals surface area contributed by atoms with Crippen LogP contribution < -0.4 is 0 Å². The molecule has 1 unspecified atom stereocenters. The first kappa shape index (κ1) is 11.4. The maximum Gasteiger partial charge on any atom is 0.309 e. The van der Waals surface area contributed by atoms with E-state index in [2.05, 4.69) is 0 Å². The number of alkyl halides is 2. The lowest BCUT2D eigenvalue weighted by Crippen LogP contribution is -2.33. The monoisotopic (exact) mass is 207 g/mol. The van der Waals surface area contributed by atoms with E-state index in [0.717, 1.165) is 19.4 Å². The third kappa shape index (κ3) is 3.21. The van der Waals surface area contributed by atoms with Crippen LogP contribution in [0.1, 0.15) is 25.7 Å². The number of halogens is 2. The van der Waals surface area contributed by atoms with Crippen molar-refractivity contribution in [3.05, 3.63) is 0 Å². The van der Waals surface area contributed by atoms with E-state index in [1.54, 1.807) is 7.05 Å². The van der Waals surface area contributed by atoms with E-state index in [-0.39, 0.29) is 12.5 Å². The van der Waals surface area contributed by atoms with Crippen LogP contribution in [-0.4, -0.2) is 41.5 Å². The molecule has 1 heterocycles. The van der Waals surface area contributed by atoms with Crippen molar-refractivity contribution in [2.24, 2.45) is 0 Å². The van der Waals surface area contributed by atoms with Crippen molar-refractivity contribution < 1.29 is 18.7 Å². The zero-order chi connectivity index (χ0) is 10.8. The van der Waals surface area contributed by atoms with Gasteiger partial charge in [-0.15, -0.1) is 0 Å². The van der Waals surface area contributed by atoms with Crippen LogP contribution >= 0.6 is 0 Å². The zero-order valence-electron chi connectivity index (χ0n) is 8.17. The van der Waals surface area contributed by atoms with Gasteiger partial charge < -0.3 is 10.0 Å². The summed E-state index contributed by atoms with van der Waals surface area (Å²) in [5.74, 6) is -4.51. The van der Waals surface area contributed by atoms with E-state index < -0.39 is 18.3 Å². The highest BCUT2D eigenvalue weighted by Crippen LogP contribution is 2.30. The second-order valence-corrected chi connectivity index (χ2v) is 3.91. The molecule has 14 heavy (non-hydrogen) atoms. The van der Waals surface area contributed by atoms with Gasteiger partial charge in [-0.3, -0.25) is 4.79 Å². The number of carbonyl (C=O) groups is 1. The van der Waals surface area contributed by atoms with E-state index in [4.69, 9.17) is 5.11 Å². The number of aliphatic carboxylic acids is 1. The van der Waals surface area contributed by atoms with Gasteiger partial charge in [0.15, 0.2) is 0 Å². The Morgan fingerprint density at radius 2 is 2.29 bits per heavy atom. The smallest absolute Gasteiger partial charge is 0.309 e. The van der Waals surface area contributed by atoms with Crippen molar-refractivity contribution in [2.45, 2.75) is 37.6 Å². The maximum absolute atomic E-state index is 13.1. The molecular formula is C9H15F2NO2. The van der Waals surface area contributed by atoms with Gasteiger partial charge in [-0.05, 0) is 26.4 Å². The third-order valence-electron chi connectivity index (χ3n) is 2.62. The van der Waals surface area contributed by atoms with Gasteiger partial charge in [0.2, 0.25) is 0 Å². The summed E-state index contributed by atoms with van der Waals surface area (Å²) in [6.45, 7) is 0.827. The van der Waals surface area contributed by atoms with E-state index in [0.29, 0.717) is 0 Å². The Hall–Kier alpha value is -0.710. The Bertz CT molecular complexity index is 221. The molecule has 0 aromatic rings. The van der Waals surface area contributed by atoms with Gasteiger partial charge in [-0.1, -0.05) is 0 Å². The molecule has 1 saturated heterocycles. The first-order valence-electron chi connectivity index (χ1n) is 4.70. The number of nitrogens with zero attached hydrogens (tertiary/aromatic N) is 1. The Labute approximate surface area is 81.7 Å². The van der Waals surface area contributed by atoms with Crippen molar-refractivity contribution in [3.8, 4) is 0 Å². The van der Waals surface area contributed by atoms with E-state index >= 15 is 0 Å². The second kappa shape index (κ2) is 4.21. The van der Waals surface area contributed by atoms with Crippen LogP contribution in [0.25, 0.3) is 0 Å². The minimum atomic E-state index is -3.07. The predicted octanol–water partition coefficient (Wildman–Crippen LogP) is 1.58. The molecule has 82 valence electrons. The largest absolute Gasteiger partial charge is 0.481 e. The molecular weight excluding hydrogens is 192 g/mol. The van der Waals surface area contributed by atoms with E-state index in [9.17, 15) is 13.6 Å². The molecule has 0 bridgehead atoms. The highest BCUT2D eigenvalue weighted by Gasteiger charge is 2.37. The molecule has 0 saturated carbocycles. The molecule has 1 N–H and O–H groups in total. The van der Waals surface area contributed by atoms with Crippen LogP contribution in [0.2, 0.25) is 0 Å². The van der Waals surface area contributed by atoms with Gasteiger partial charge in [0.05, 0.1) is 0 Å². The van der Waals surface area contributed by atoms with Crippen LogP contribution in [0.3, 0.4) is 0 Å². The van der Waals surface area contributed by atoms with Crippen LogP contribution in [0.4, 0.5) is 8.78 Å². The van der Waals surface area contributed by atoms with Gasteiger partial charge >= 0.3 is 5.97 Å².